The highest BCUT2D eigenvalue weighted by molar-refractivity contribution is 5.96. The van der Waals surface area contributed by atoms with Crippen LogP contribution in [-0.2, 0) is 11.2 Å². The summed E-state index contributed by atoms with van der Waals surface area (Å²) in [6.07, 6.45) is 5.47. The minimum atomic E-state index is -0.782. The van der Waals surface area contributed by atoms with E-state index in [0.29, 0.717) is 24.6 Å². The van der Waals surface area contributed by atoms with E-state index < -0.39 is 11.9 Å². The van der Waals surface area contributed by atoms with Crippen LogP contribution in [0.15, 0.2) is 36.5 Å². The highest BCUT2D eigenvalue weighted by atomic mass is 16.4. The van der Waals surface area contributed by atoms with Gasteiger partial charge in [-0.1, -0.05) is 31.5 Å². The van der Waals surface area contributed by atoms with E-state index in [1.807, 2.05) is 35.0 Å². The van der Waals surface area contributed by atoms with Crippen LogP contribution in [0.1, 0.15) is 42.2 Å². The Morgan fingerprint density at radius 2 is 1.93 bits per heavy atom. The van der Waals surface area contributed by atoms with E-state index in [-0.39, 0.29) is 11.8 Å². The molecule has 6 heteroatoms. The van der Waals surface area contributed by atoms with Gasteiger partial charge in [0.15, 0.2) is 0 Å². The minimum Gasteiger partial charge on any atom is -0.481 e. The molecule has 27 heavy (non-hydrogen) atoms. The fourth-order valence-electron chi connectivity index (χ4n) is 4.25. The van der Waals surface area contributed by atoms with Gasteiger partial charge in [-0.25, -0.2) is 4.68 Å². The molecular formula is C21H25N3O3. The summed E-state index contributed by atoms with van der Waals surface area (Å²) in [6, 6.07) is 9.80. The number of hydrogen-bond donors (Lipinski definition) is 1. The number of likely N-dealkylation sites (tertiary alicyclic amines) is 1. The van der Waals surface area contributed by atoms with Gasteiger partial charge in [0, 0.05) is 13.1 Å². The Morgan fingerprint density at radius 1 is 1.19 bits per heavy atom. The zero-order valence-electron chi connectivity index (χ0n) is 15.5. The van der Waals surface area contributed by atoms with Gasteiger partial charge in [-0.05, 0) is 43.2 Å². The van der Waals surface area contributed by atoms with Crippen LogP contribution in [0.2, 0.25) is 0 Å². The topological polar surface area (TPSA) is 75.4 Å². The number of rotatable bonds is 6. The van der Waals surface area contributed by atoms with Crippen molar-refractivity contribution in [3.63, 3.8) is 0 Å². The van der Waals surface area contributed by atoms with Crippen molar-refractivity contribution < 1.29 is 14.7 Å². The number of carbonyl (C=O) groups is 2. The largest absolute Gasteiger partial charge is 0.481 e. The Balaban J connectivity index is 1.62. The molecule has 4 rings (SSSR count). The average Bonchev–Trinajstić information content (AvgIpc) is 3.28. The second-order valence-electron chi connectivity index (χ2n) is 7.66. The van der Waals surface area contributed by atoms with Gasteiger partial charge in [0.05, 0.1) is 29.1 Å². The van der Waals surface area contributed by atoms with Crippen LogP contribution in [0.3, 0.4) is 0 Å². The van der Waals surface area contributed by atoms with Gasteiger partial charge in [-0.2, -0.15) is 5.10 Å². The molecule has 1 N–H and O–H groups in total. The van der Waals surface area contributed by atoms with Gasteiger partial charge >= 0.3 is 5.97 Å². The van der Waals surface area contributed by atoms with Gasteiger partial charge < -0.3 is 10.0 Å². The molecule has 1 aliphatic carbocycles. The Kier molecular flexibility index (Phi) is 4.72. The summed E-state index contributed by atoms with van der Waals surface area (Å²) in [5, 5.41) is 14.0. The molecule has 2 heterocycles. The summed E-state index contributed by atoms with van der Waals surface area (Å²) in [7, 11) is 0. The highest BCUT2D eigenvalue weighted by Gasteiger charge is 2.47. The number of hydrogen-bond acceptors (Lipinski definition) is 3. The number of aliphatic carboxylic acids is 1. The van der Waals surface area contributed by atoms with Crippen molar-refractivity contribution in [2.45, 2.75) is 32.6 Å². The number of nitrogens with zero attached hydrogens (tertiary/aromatic N) is 3. The molecule has 1 aromatic carbocycles. The van der Waals surface area contributed by atoms with Crippen molar-refractivity contribution in [1.29, 1.82) is 0 Å². The van der Waals surface area contributed by atoms with Crippen LogP contribution in [0.5, 0.6) is 0 Å². The monoisotopic (exact) mass is 367 g/mol. The standard InChI is InChI=1S/C21H25N3O3/c1-2-6-19-16(11-22-24(19)15-7-4-3-5-8-15)20(25)23-12-17(14-9-10-14)18(13-23)21(26)27/h3-5,7-8,11,14,17-18H,2,6,9-10,12-13H2,1H3,(H,26,27)/t17-,18+/m1/s1. The predicted molar refractivity (Wildman–Crippen MR) is 101 cm³/mol. The molecule has 1 saturated heterocycles. The quantitative estimate of drug-likeness (QED) is 0.852. The first-order valence-corrected chi connectivity index (χ1v) is 9.74. The fourth-order valence-corrected chi connectivity index (χ4v) is 4.25. The van der Waals surface area contributed by atoms with Crippen molar-refractivity contribution in [2.75, 3.05) is 13.1 Å². The van der Waals surface area contributed by atoms with Crippen LogP contribution in [-0.4, -0.2) is 44.8 Å². The molecule has 0 radical (unpaired) electrons. The minimum absolute atomic E-state index is 0.0879. The molecule has 1 amide bonds. The Morgan fingerprint density at radius 3 is 2.56 bits per heavy atom. The molecule has 2 aromatic rings. The van der Waals surface area contributed by atoms with Gasteiger partial charge in [0.2, 0.25) is 0 Å². The van der Waals surface area contributed by atoms with Crippen molar-refractivity contribution in [3.8, 4) is 5.69 Å². The Hall–Kier alpha value is -2.63. The predicted octanol–water partition coefficient (Wildman–Crippen LogP) is 3.01. The maximum Gasteiger partial charge on any atom is 0.308 e. The smallest absolute Gasteiger partial charge is 0.308 e. The summed E-state index contributed by atoms with van der Waals surface area (Å²) in [5.74, 6) is -0.762. The number of amides is 1. The molecule has 142 valence electrons. The first-order chi connectivity index (χ1) is 13.1. The Bertz CT molecular complexity index is 842. The molecular weight excluding hydrogens is 342 g/mol. The van der Waals surface area contributed by atoms with E-state index in [4.69, 9.17) is 0 Å². The average molecular weight is 367 g/mol. The summed E-state index contributed by atoms with van der Waals surface area (Å²) in [5.41, 5.74) is 2.43. The summed E-state index contributed by atoms with van der Waals surface area (Å²) < 4.78 is 1.83. The number of aromatic nitrogens is 2. The van der Waals surface area contributed by atoms with E-state index in [1.54, 1.807) is 11.1 Å². The van der Waals surface area contributed by atoms with Crippen LogP contribution in [0, 0.1) is 17.8 Å². The number of para-hydroxylation sites is 1. The zero-order valence-corrected chi connectivity index (χ0v) is 15.5. The van der Waals surface area contributed by atoms with E-state index in [2.05, 4.69) is 12.0 Å². The van der Waals surface area contributed by atoms with Crippen LogP contribution >= 0.6 is 0 Å². The van der Waals surface area contributed by atoms with Gasteiger partial charge in [-0.15, -0.1) is 0 Å². The highest BCUT2D eigenvalue weighted by Crippen LogP contribution is 2.44. The fraction of sp³-hybridized carbons (Fsp3) is 0.476. The molecule has 6 nitrogen and oxygen atoms in total. The number of carboxylic acids is 1. The molecule has 1 aliphatic heterocycles. The molecule has 0 unspecified atom stereocenters. The van der Waals surface area contributed by atoms with Crippen LogP contribution < -0.4 is 0 Å². The third-order valence-corrected chi connectivity index (χ3v) is 5.78. The van der Waals surface area contributed by atoms with Gasteiger partial charge in [0.25, 0.3) is 5.91 Å². The van der Waals surface area contributed by atoms with Crippen molar-refractivity contribution >= 4 is 11.9 Å². The number of carbonyl (C=O) groups excluding carboxylic acids is 1. The maximum absolute atomic E-state index is 13.2. The molecule has 0 bridgehead atoms. The van der Waals surface area contributed by atoms with E-state index in [9.17, 15) is 14.7 Å². The first-order valence-electron chi connectivity index (χ1n) is 9.74. The molecule has 1 saturated carbocycles. The lowest BCUT2D eigenvalue weighted by atomic mass is 9.92. The second kappa shape index (κ2) is 7.18. The summed E-state index contributed by atoms with van der Waals surface area (Å²) in [4.78, 5) is 26.6. The maximum atomic E-state index is 13.2. The molecule has 2 fully saturated rings. The zero-order chi connectivity index (χ0) is 19.0. The van der Waals surface area contributed by atoms with E-state index in [0.717, 1.165) is 37.1 Å². The normalized spacial score (nSPS) is 22.2. The molecule has 2 atom stereocenters. The van der Waals surface area contributed by atoms with Crippen molar-refractivity contribution in [2.24, 2.45) is 17.8 Å². The molecule has 2 aliphatic rings. The van der Waals surface area contributed by atoms with Crippen LogP contribution in [0.25, 0.3) is 5.69 Å². The summed E-state index contributed by atoms with van der Waals surface area (Å²) >= 11 is 0. The van der Waals surface area contributed by atoms with Crippen LogP contribution in [0.4, 0.5) is 0 Å². The van der Waals surface area contributed by atoms with E-state index >= 15 is 0 Å². The lowest BCUT2D eigenvalue weighted by Crippen LogP contribution is -2.30. The third kappa shape index (κ3) is 3.36. The number of benzene rings is 1. The lowest BCUT2D eigenvalue weighted by molar-refractivity contribution is -0.142. The SMILES string of the molecule is CCCc1c(C(=O)N2C[C@H](C(=O)O)[C@@H](C3CC3)C2)cnn1-c1ccccc1. The number of carboxylic acid groups (broad SMARTS) is 1. The molecule has 1 aromatic heterocycles. The van der Waals surface area contributed by atoms with Gasteiger partial charge in [-0.3, -0.25) is 9.59 Å². The lowest BCUT2D eigenvalue weighted by Gasteiger charge is -2.17. The van der Waals surface area contributed by atoms with Gasteiger partial charge in [0.1, 0.15) is 0 Å². The van der Waals surface area contributed by atoms with Crippen molar-refractivity contribution in [3.05, 3.63) is 47.8 Å². The third-order valence-electron chi connectivity index (χ3n) is 5.78. The Labute approximate surface area is 158 Å². The summed E-state index contributed by atoms with van der Waals surface area (Å²) in [6.45, 7) is 2.93. The second-order valence-corrected chi connectivity index (χ2v) is 7.66. The van der Waals surface area contributed by atoms with E-state index in [1.165, 1.54) is 0 Å². The first kappa shape index (κ1) is 17.8. The molecule has 0 spiro atoms. The van der Waals surface area contributed by atoms with Crippen molar-refractivity contribution in [1.82, 2.24) is 14.7 Å².